The summed E-state index contributed by atoms with van der Waals surface area (Å²) in [6.07, 6.45) is 8.41. The molecule has 0 bridgehead atoms. The first kappa shape index (κ1) is 11.0. The van der Waals surface area contributed by atoms with Gasteiger partial charge in [0.2, 0.25) is 0 Å². The average molecular weight is 237 g/mol. The van der Waals surface area contributed by atoms with Crippen LogP contribution < -0.4 is 5.56 Å². The van der Waals surface area contributed by atoms with Gasteiger partial charge in [0.1, 0.15) is 0 Å². The first-order valence-corrected chi connectivity index (χ1v) is 6.25. The summed E-state index contributed by atoms with van der Waals surface area (Å²) in [5.41, 5.74) is 4.11. The molecule has 1 heterocycles. The highest BCUT2D eigenvalue weighted by atomic mass is 16.1. The number of para-hydroxylation sites is 1. The van der Waals surface area contributed by atoms with E-state index in [1.54, 1.807) is 0 Å². The lowest BCUT2D eigenvalue weighted by Crippen LogP contribution is -2.13. The normalized spacial score (nSPS) is 14.8. The summed E-state index contributed by atoms with van der Waals surface area (Å²) in [6, 6.07) is 8.00. The van der Waals surface area contributed by atoms with Crippen LogP contribution in [-0.4, -0.2) is 4.98 Å². The van der Waals surface area contributed by atoms with Gasteiger partial charge in [0.05, 0.1) is 0 Å². The highest BCUT2D eigenvalue weighted by molar-refractivity contribution is 5.93. The highest BCUT2D eigenvalue weighted by Gasteiger charge is 2.13. The lowest BCUT2D eigenvalue weighted by molar-refractivity contribution is 1.05. The second kappa shape index (κ2) is 4.30. The van der Waals surface area contributed by atoms with E-state index in [4.69, 9.17) is 0 Å². The van der Waals surface area contributed by atoms with Crippen molar-refractivity contribution in [2.45, 2.75) is 19.8 Å². The molecule has 0 spiro atoms. The molecular weight excluding hydrogens is 222 g/mol. The minimum atomic E-state index is 0.0131. The molecule has 2 nitrogen and oxygen atoms in total. The van der Waals surface area contributed by atoms with Crippen LogP contribution in [0, 0.1) is 6.92 Å². The fourth-order valence-corrected chi connectivity index (χ4v) is 2.57. The number of pyridine rings is 1. The Kier molecular flexibility index (Phi) is 2.63. The molecule has 0 unspecified atom stereocenters. The van der Waals surface area contributed by atoms with Gasteiger partial charge in [-0.15, -0.1) is 0 Å². The molecule has 1 N–H and O–H groups in total. The lowest BCUT2D eigenvalue weighted by Gasteiger charge is -2.14. The fourth-order valence-electron chi connectivity index (χ4n) is 2.57. The number of H-pyrrole nitrogens is 1. The van der Waals surface area contributed by atoms with E-state index in [0.29, 0.717) is 0 Å². The Morgan fingerprint density at radius 3 is 2.83 bits per heavy atom. The van der Waals surface area contributed by atoms with E-state index >= 15 is 0 Å². The first-order chi connectivity index (χ1) is 8.77. The molecule has 0 saturated carbocycles. The molecule has 1 aromatic heterocycles. The summed E-state index contributed by atoms with van der Waals surface area (Å²) < 4.78 is 0. The maximum atomic E-state index is 12.0. The molecule has 2 heteroatoms. The van der Waals surface area contributed by atoms with Crippen molar-refractivity contribution in [3.63, 3.8) is 0 Å². The maximum Gasteiger partial charge on any atom is 0.251 e. The van der Waals surface area contributed by atoms with Gasteiger partial charge in [0, 0.05) is 16.5 Å². The smallest absolute Gasteiger partial charge is 0.251 e. The maximum absolute atomic E-state index is 12.0. The standard InChI is InChI=1S/C16H15NO/c1-11-15(12-7-3-2-4-8-12)13-9-5-6-10-14(13)17-16(11)18/h2-3,5-7,9-10H,4,8H2,1H3,(H,17,18). The Morgan fingerprint density at radius 2 is 2.06 bits per heavy atom. The molecule has 0 aliphatic heterocycles. The fraction of sp³-hybridized carbons (Fsp3) is 0.188. The summed E-state index contributed by atoms with van der Waals surface area (Å²) in [5.74, 6) is 0. The molecule has 1 aromatic carbocycles. The zero-order valence-corrected chi connectivity index (χ0v) is 10.4. The van der Waals surface area contributed by atoms with E-state index in [1.807, 2.05) is 25.1 Å². The molecule has 0 atom stereocenters. The molecule has 3 rings (SSSR count). The van der Waals surface area contributed by atoms with E-state index in [0.717, 1.165) is 34.9 Å². The number of aromatic amines is 1. The Labute approximate surface area is 106 Å². The Hall–Kier alpha value is -2.09. The zero-order valence-electron chi connectivity index (χ0n) is 10.4. The Bertz CT molecular complexity index is 719. The minimum Gasteiger partial charge on any atom is -0.322 e. The number of rotatable bonds is 1. The van der Waals surface area contributed by atoms with Crippen LogP contribution >= 0.6 is 0 Å². The third kappa shape index (κ3) is 1.70. The number of hydrogen-bond donors (Lipinski definition) is 1. The van der Waals surface area contributed by atoms with E-state index in [1.165, 1.54) is 5.57 Å². The van der Waals surface area contributed by atoms with Crippen LogP contribution in [0.15, 0.2) is 47.3 Å². The topological polar surface area (TPSA) is 32.9 Å². The summed E-state index contributed by atoms with van der Waals surface area (Å²) in [5, 5.41) is 1.14. The van der Waals surface area contributed by atoms with E-state index < -0.39 is 0 Å². The van der Waals surface area contributed by atoms with Gasteiger partial charge in [-0.25, -0.2) is 0 Å². The van der Waals surface area contributed by atoms with Crippen molar-refractivity contribution < 1.29 is 0 Å². The predicted octanol–water partition coefficient (Wildman–Crippen LogP) is 3.57. The third-order valence-corrected chi connectivity index (χ3v) is 3.50. The van der Waals surface area contributed by atoms with Gasteiger partial charge in [0.15, 0.2) is 0 Å². The molecule has 0 fully saturated rings. The number of allylic oxidation sites excluding steroid dienone is 4. The molecule has 0 amide bonds. The Morgan fingerprint density at radius 1 is 1.22 bits per heavy atom. The number of nitrogens with one attached hydrogen (secondary N) is 1. The quantitative estimate of drug-likeness (QED) is 0.808. The average Bonchev–Trinajstić information content (AvgIpc) is 2.41. The summed E-state index contributed by atoms with van der Waals surface area (Å²) >= 11 is 0. The molecule has 90 valence electrons. The summed E-state index contributed by atoms with van der Waals surface area (Å²) in [7, 11) is 0. The van der Waals surface area contributed by atoms with Crippen molar-refractivity contribution >= 4 is 16.5 Å². The van der Waals surface area contributed by atoms with Crippen molar-refractivity contribution in [2.24, 2.45) is 0 Å². The van der Waals surface area contributed by atoms with Crippen LogP contribution in [0.25, 0.3) is 16.5 Å². The number of fused-ring (bicyclic) bond motifs is 1. The van der Waals surface area contributed by atoms with Crippen LogP contribution in [-0.2, 0) is 0 Å². The van der Waals surface area contributed by atoms with Crippen molar-refractivity contribution in [3.8, 4) is 0 Å². The Balaban J connectivity index is 2.39. The van der Waals surface area contributed by atoms with Crippen LogP contribution in [0.3, 0.4) is 0 Å². The van der Waals surface area contributed by atoms with Crippen molar-refractivity contribution in [3.05, 3.63) is 64.0 Å². The minimum absolute atomic E-state index is 0.0131. The summed E-state index contributed by atoms with van der Waals surface area (Å²) in [4.78, 5) is 14.9. The number of hydrogen-bond acceptors (Lipinski definition) is 1. The van der Waals surface area contributed by atoms with Gasteiger partial charge < -0.3 is 4.98 Å². The molecule has 18 heavy (non-hydrogen) atoms. The largest absolute Gasteiger partial charge is 0.322 e. The van der Waals surface area contributed by atoms with E-state index in [9.17, 15) is 4.79 Å². The van der Waals surface area contributed by atoms with Crippen LogP contribution in [0.5, 0.6) is 0 Å². The monoisotopic (exact) mass is 237 g/mol. The van der Waals surface area contributed by atoms with Gasteiger partial charge in [-0.1, -0.05) is 36.4 Å². The van der Waals surface area contributed by atoms with Gasteiger partial charge in [-0.3, -0.25) is 4.79 Å². The van der Waals surface area contributed by atoms with Crippen LogP contribution in [0.2, 0.25) is 0 Å². The predicted molar refractivity (Wildman–Crippen MR) is 75.7 cm³/mol. The van der Waals surface area contributed by atoms with Crippen LogP contribution in [0.1, 0.15) is 24.0 Å². The molecule has 0 radical (unpaired) electrons. The molecule has 1 aliphatic rings. The van der Waals surface area contributed by atoms with Crippen LogP contribution in [0.4, 0.5) is 0 Å². The molecular formula is C16H15NO. The van der Waals surface area contributed by atoms with E-state index in [-0.39, 0.29) is 5.56 Å². The molecule has 0 saturated heterocycles. The highest BCUT2D eigenvalue weighted by Crippen LogP contribution is 2.30. The molecule has 2 aromatic rings. The van der Waals surface area contributed by atoms with Gasteiger partial charge >= 0.3 is 0 Å². The van der Waals surface area contributed by atoms with Gasteiger partial charge in [0.25, 0.3) is 5.56 Å². The zero-order chi connectivity index (χ0) is 12.5. The third-order valence-electron chi connectivity index (χ3n) is 3.50. The number of benzene rings is 1. The lowest BCUT2D eigenvalue weighted by atomic mass is 9.91. The van der Waals surface area contributed by atoms with Gasteiger partial charge in [-0.05, 0) is 37.0 Å². The summed E-state index contributed by atoms with van der Waals surface area (Å²) in [6.45, 7) is 1.90. The van der Waals surface area contributed by atoms with Gasteiger partial charge in [-0.2, -0.15) is 0 Å². The van der Waals surface area contributed by atoms with E-state index in [2.05, 4.69) is 29.3 Å². The number of aromatic nitrogens is 1. The SMILES string of the molecule is Cc1c(C2=CC=CCC2)c2ccccc2[nH]c1=O. The van der Waals surface area contributed by atoms with Crippen molar-refractivity contribution in [1.29, 1.82) is 0 Å². The second-order valence-corrected chi connectivity index (χ2v) is 4.66. The molecule has 1 aliphatic carbocycles. The second-order valence-electron chi connectivity index (χ2n) is 4.66. The first-order valence-electron chi connectivity index (χ1n) is 6.25. The van der Waals surface area contributed by atoms with Crippen molar-refractivity contribution in [1.82, 2.24) is 4.98 Å². The van der Waals surface area contributed by atoms with Crippen molar-refractivity contribution in [2.75, 3.05) is 0 Å².